The van der Waals surface area contributed by atoms with Crippen LogP contribution in [0.1, 0.15) is 37.0 Å². The van der Waals surface area contributed by atoms with Crippen molar-refractivity contribution in [3.8, 4) is 0 Å². The molecule has 7 heteroatoms. The smallest absolute Gasteiger partial charge is 0.246 e. The predicted molar refractivity (Wildman–Crippen MR) is 191 cm³/mol. The monoisotopic (exact) mass is 632 g/mol. The van der Waals surface area contributed by atoms with E-state index in [-0.39, 0.29) is 23.3 Å². The van der Waals surface area contributed by atoms with Crippen molar-refractivity contribution >= 4 is 28.5 Å². The third-order valence-electron chi connectivity index (χ3n) is 8.85. The quantitative estimate of drug-likeness (QED) is 0.168. The van der Waals surface area contributed by atoms with E-state index in [1.807, 2.05) is 110 Å². The summed E-state index contributed by atoms with van der Waals surface area (Å²) < 4.78 is 0. The van der Waals surface area contributed by atoms with E-state index in [0.717, 1.165) is 27.5 Å². The molecule has 0 aliphatic carbocycles. The second kappa shape index (κ2) is 16.7. The average molecular weight is 633 g/mol. The molecule has 7 nitrogen and oxygen atoms in total. The maximum atomic E-state index is 14.5. The van der Waals surface area contributed by atoms with Crippen molar-refractivity contribution in [3.05, 3.63) is 132 Å². The Labute approximate surface area is 279 Å². The fourth-order valence-corrected chi connectivity index (χ4v) is 5.53. The summed E-state index contributed by atoms with van der Waals surface area (Å²) in [6.07, 6.45) is 5.36. The van der Waals surface area contributed by atoms with E-state index in [2.05, 4.69) is 30.5 Å². The van der Waals surface area contributed by atoms with Gasteiger partial charge in [-0.2, -0.15) is 0 Å². The minimum atomic E-state index is -0.828. The summed E-state index contributed by atoms with van der Waals surface area (Å²) in [5.41, 5.74) is 2.83. The first kappa shape index (κ1) is 35.1. The number of carbonyl (C=O) groups is 3. The number of benzene rings is 4. The summed E-state index contributed by atoms with van der Waals surface area (Å²) in [6.45, 7) is 4.57. The van der Waals surface area contributed by atoms with Crippen LogP contribution >= 0.6 is 0 Å². The summed E-state index contributed by atoms with van der Waals surface area (Å²) in [5.74, 6) is -0.790. The number of fused-ring (bicyclic) bond motifs is 1. The molecule has 0 aromatic heterocycles. The largest absolute Gasteiger partial charge is 0.354 e. The van der Waals surface area contributed by atoms with Crippen LogP contribution in [-0.4, -0.2) is 72.8 Å². The van der Waals surface area contributed by atoms with Gasteiger partial charge in [-0.1, -0.05) is 109 Å². The second-order valence-electron chi connectivity index (χ2n) is 12.8. The first-order chi connectivity index (χ1) is 22.6. The molecule has 246 valence electrons. The first-order valence-corrected chi connectivity index (χ1v) is 16.3. The maximum Gasteiger partial charge on any atom is 0.246 e. The number of nitrogens with zero attached hydrogens (tertiary/aromatic N) is 2. The maximum absolute atomic E-state index is 14.5. The molecule has 0 bridgehead atoms. The summed E-state index contributed by atoms with van der Waals surface area (Å²) in [6, 6.07) is 32.3. The summed E-state index contributed by atoms with van der Waals surface area (Å²) in [4.78, 5) is 44.8. The van der Waals surface area contributed by atoms with Gasteiger partial charge in [0, 0.05) is 39.0 Å². The van der Waals surface area contributed by atoms with Gasteiger partial charge in [0.15, 0.2) is 0 Å². The van der Waals surface area contributed by atoms with E-state index in [9.17, 15) is 14.4 Å². The molecule has 47 heavy (non-hydrogen) atoms. The van der Waals surface area contributed by atoms with Gasteiger partial charge < -0.3 is 20.4 Å². The minimum absolute atomic E-state index is 0.172. The van der Waals surface area contributed by atoms with Gasteiger partial charge >= 0.3 is 0 Å². The molecule has 0 unspecified atom stereocenters. The standard InChI is InChI=1S/C40H48N4O3/c1-40(2,41-3)25-14-21-37(45)43(4)36(29-32-22-23-33-19-12-13-20-34(33)27-32)39(47)44(5)35(28-31-17-10-7-11-18-31)38(46)42-26-24-30-15-8-6-9-16-30/h6-23,27,35-36,41H,24-26,28-29H2,1-5H3,(H,42,46)/b21-14+/t35-,36-/m1/s1. The number of carbonyl (C=O) groups excluding carboxylic acids is 3. The van der Waals surface area contributed by atoms with Crippen LogP contribution in [0.4, 0.5) is 0 Å². The fraction of sp³-hybridized carbons (Fsp3) is 0.325. The van der Waals surface area contributed by atoms with E-state index in [1.54, 1.807) is 14.1 Å². The van der Waals surface area contributed by atoms with Gasteiger partial charge in [0.1, 0.15) is 12.1 Å². The zero-order chi connectivity index (χ0) is 33.8. The fourth-order valence-electron chi connectivity index (χ4n) is 5.53. The molecular formula is C40H48N4O3. The molecule has 0 aliphatic heterocycles. The van der Waals surface area contributed by atoms with Crippen molar-refractivity contribution in [2.24, 2.45) is 0 Å². The number of hydrogen-bond acceptors (Lipinski definition) is 4. The Morgan fingerprint density at radius 3 is 1.98 bits per heavy atom. The minimum Gasteiger partial charge on any atom is -0.354 e. The highest BCUT2D eigenvalue weighted by Crippen LogP contribution is 2.20. The Morgan fingerprint density at radius 2 is 1.32 bits per heavy atom. The van der Waals surface area contributed by atoms with E-state index >= 15 is 0 Å². The molecule has 0 spiro atoms. The molecule has 4 aromatic rings. The van der Waals surface area contributed by atoms with Crippen molar-refractivity contribution < 1.29 is 14.4 Å². The third kappa shape index (κ3) is 10.1. The number of likely N-dealkylation sites (N-methyl/N-ethyl adjacent to an activating group) is 2. The van der Waals surface area contributed by atoms with Crippen LogP contribution in [0.2, 0.25) is 0 Å². The van der Waals surface area contributed by atoms with E-state index in [4.69, 9.17) is 0 Å². The predicted octanol–water partition coefficient (Wildman–Crippen LogP) is 5.58. The molecule has 0 radical (unpaired) electrons. The van der Waals surface area contributed by atoms with Crippen LogP contribution in [0.15, 0.2) is 115 Å². The number of amides is 3. The molecule has 0 saturated carbocycles. The third-order valence-corrected chi connectivity index (χ3v) is 8.85. The molecule has 0 fully saturated rings. The van der Waals surface area contributed by atoms with Crippen LogP contribution < -0.4 is 10.6 Å². The van der Waals surface area contributed by atoms with Gasteiger partial charge in [-0.25, -0.2) is 0 Å². The van der Waals surface area contributed by atoms with Crippen molar-refractivity contribution in [2.75, 3.05) is 27.7 Å². The lowest BCUT2D eigenvalue weighted by atomic mass is 9.98. The zero-order valence-electron chi connectivity index (χ0n) is 28.3. The molecule has 0 heterocycles. The van der Waals surface area contributed by atoms with Crippen molar-refractivity contribution in [2.45, 2.75) is 57.2 Å². The number of hydrogen-bond donors (Lipinski definition) is 2. The Balaban J connectivity index is 1.61. The topological polar surface area (TPSA) is 81.8 Å². The highest BCUT2D eigenvalue weighted by molar-refractivity contribution is 5.95. The number of nitrogens with one attached hydrogen (secondary N) is 2. The second-order valence-corrected chi connectivity index (χ2v) is 12.8. The summed E-state index contributed by atoms with van der Waals surface area (Å²) in [5, 5.41) is 8.47. The zero-order valence-corrected chi connectivity index (χ0v) is 28.3. The highest BCUT2D eigenvalue weighted by atomic mass is 16.2. The van der Waals surface area contributed by atoms with Gasteiger partial charge in [0.25, 0.3) is 0 Å². The van der Waals surface area contributed by atoms with Crippen LogP contribution in [0.3, 0.4) is 0 Å². The van der Waals surface area contributed by atoms with Gasteiger partial charge in [-0.05, 0) is 67.3 Å². The molecule has 0 saturated heterocycles. The molecule has 4 rings (SSSR count). The Bertz CT molecular complexity index is 1650. The van der Waals surface area contributed by atoms with Crippen LogP contribution in [0.5, 0.6) is 0 Å². The summed E-state index contributed by atoms with van der Waals surface area (Å²) in [7, 11) is 5.22. The van der Waals surface area contributed by atoms with Crippen molar-refractivity contribution in [1.29, 1.82) is 0 Å². The van der Waals surface area contributed by atoms with Crippen LogP contribution in [0, 0.1) is 0 Å². The van der Waals surface area contributed by atoms with Gasteiger partial charge in [0.2, 0.25) is 17.7 Å². The molecule has 3 amide bonds. The first-order valence-electron chi connectivity index (χ1n) is 16.3. The Morgan fingerprint density at radius 1 is 0.723 bits per heavy atom. The lowest BCUT2D eigenvalue weighted by molar-refractivity contribution is -0.146. The Hall–Kier alpha value is -4.75. The highest BCUT2D eigenvalue weighted by Gasteiger charge is 2.34. The molecule has 4 aromatic carbocycles. The lowest BCUT2D eigenvalue weighted by Crippen LogP contribution is -2.56. The Kier molecular flexibility index (Phi) is 12.5. The van der Waals surface area contributed by atoms with Gasteiger partial charge in [-0.3, -0.25) is 14.4 Å². The van der Waals surface area contributed by atoms with E-state index in [0.29, 0.717) is 32.2 Å². The molecule has 2 atom stereocenters. The van der Waals surface area contributed by atoms with Crippen LogP contribution in [0.25, 0.3) is 10.8 Å². The number of rotatable bonds is 15. The van der Waals surface area contributed by atoms with Gasteiger partial charge in [-0.15, -0.1) is 0 Å². The van der Waals surface area contributed by atoms with Crippen molar-refractivity contribution in [1.82, 2.24) is 20.4 Å². The van der Waals surface area contributed by atoms with E-state index < -0.39 is 12.1 Å². The normalized spacial score (nSPS) is 12.9. The molecular weight excluding hydrogens is 584 g/mol. The lowest BCUT2D eigenvalue weighted by Gasteiger charge is -2.34. The SMILES string of the molecule is CNC(C)(C)C/C=C/C(=O)N(C)[C@H](Cc1ccc2ccccc2c1)C(=O)N(C)[C@H](Cc1ccccc1)C(=O)NCCc1ccccc1. The van der Waals surface area contributed by atoms with Crippen molar-refractivity contribution in [3.63, 3.8) is 0 Å². The summed E-state index contributed by atoms with van der Waals surface area (Å²) >= 11 is 0. The molecule has 0 aliphatic rings. The molecule has 2 N–H and O–H groups in total. The van der Waals surface area contributed by atoms with Gasteiger partial charge in [0.05, 0.1) is 0 Å². The van der Waals surface area contributed by atoms with Crippen LogP contribution in [-0.2, 0) is 33.6 Å². The average Bonchev–Trinajstić information content (AvgIpc) is 3.09. The van der Waals surface area contributed by atoms with E-state index in [1.165, 1.54) is 15.9 Å².